The van der Waals surface area contributed by atoms with E-state index in [4.69, 9.17) is 16.3 Å². The normalized spacial score (nSPS) is 13.2. The summed E-state index contributed by atoms with van der Waals surface area (Å²) < 4.78 is 33.3. The second kappa shape index (κ2) is 10.1. The monoisotopic (exact) mass is 512 g/mol. The number of ether oxygens (including phenoxy) is 1. The lowest BCUT2D eigenvalue weighted by atomic mass is 10.0. The van der Waals surface area contributed by atoms with Crippen molar-refractivity contribution >= 4 is 44.9 Å². The molecule has 1 amide bonds. The lowest BCUT2D eigenvalue weighted by molar-refractivity contribution is -0.119. The van der Waals surface area contributed by atoms with Crippen LogP contribution < -0.4 is 9.62 Å². The third kappa shape index (κ3) is 5.33. The number of amides is 1. The molecule has 0 bridgehead atoms. The first-order chi connectivity index (χ1) is 16.7. The number of hydrogen-bond acceptors (Lipinski definition) is 5. The number of halogens is 1. The highest BCUT2D eigenvalue weighted by molar-refractivity contribution is 7.92. The fourth-order valence-corrected chi connectivity index (χ4v) is 5.81. The molecular weight excluding hydrogens is 488 g/mol. The smallest absolute Gasteiger partial charge is 0.340 e. The van der Waals surface area contributed by atoms with Gasteiger partial charge in [-0.1, -0.05) is 47.5 Å². The first-order valence-corrected chi connectivity index (χ1v) is 12.9. The second-order valence-electron chi connectivity index (χ2n) is 8.39. The number of fused-ring (bicyclic) bond motifs is 1. The van der Waals surface area contributed by atoms with Crippen molar-refractivity contribution in [3.8, 4) is 0 Å². The number of nitrogens with zero attached hydrogens (tertiary/aromatic N) is 1. The highest BCUT2D eigenvalue weighted by Gasteiger charge is 2.30. The van der Waals surface area contributed by atoms with Crippen molar-refractivity contribution in [1.29, 1.82) is 0 Å². The number of rotatable bonds is 6. The number of para-hydroxylation sites is 1. The van der Waals surface area contributed by atoms with Crippen LogP contribution in [-0.2, 0) is 26.0 Å². The average Bonchev–Trinajstić information content (AvgIpc) is 2.84. The summed E-state index contributed by atoms with van der Waals surface area (Å²) in [7, 11) is -3.94. The van der Waals surface area contributed by atoms with Crippen LogP contribution in [0.25, 0.3) is 0 Å². The zero-order valence-electron chi connectivity index (χ0n) is 19.4. The standard InChI is InChI=1S/C26H25ClN2O5S/c1-17-9-12-23(18(2)14-17)28-25(30)16-34-26(31)21-15-20(10-11-22(21)27)35(32,33)29-13-5-7-19-6-3-4-8-24(19)29/h3-4,6,8-12,14-15H,5,7,13,16H2,1-2H3,(H,28,30). The number of aryl methyl sites for hydroxylation is 3. The Balaban J connectivity index is 1.50. The summed E-state index contributed by atoms with van der Waals surface area (Å²) in [6.07, 6.45) is 1.48. The Morgan fingerprint density at radius 3 is 2.60 bits per heavy atom. The quantitative estimate of drug-likeness (QED) is 0.474. The van der Waals surface area contributed by atoms with Gasteiger partial charge < -0.3 is 10.1 Å². The molecule has 0 saturated carbocycles. The van der Waals surface area contributed by atoms with Crippen molar-refractivity contribution in [3.63, 3.8) is 0 Å². The largest absolute Gasteiger partial charge is 0.452 e. The van der Waals surface area contributed by atoms with Crippen LogP contribution in [0.15, 0.2) is 65.6 Å². The van der Waals surface area contributed by atoms with Gasteiger partial charge in [-0.15, -0.1) is 0 Å². The van der Waals surface area contributed by atoms with E-state index in [2.05, 4.69) is 5.32 Å². The van der Waals surface area contributed by atoms with Crippen LogP contribution in [0.5, 0.6) is 0 Å². The molecule has 1 aliphatic rings. The Labute approximate surface area is 209 Å². The average molecular weight is 513 g/mol. The molecule has 182 valence electrons. The highest BCUT2D eigenvalue weighted by Crippen LogP contribution is 2.33. The third-order valence-electron chi connectivity index (χ3n) is 5.80. The fourth-order valence-electron chi connectivity index (χ4n) is 4.05. The molecule has 35 heavy (non-hydrogen) atoms. The van der Waals surface area contributed by atoms with E-state index in [-0.39, 0.29) is 15.5 Å². The molecule has 0 spiro atoms. The van der Waals surface area contributed by atoms with E-state index >= 15 is 0 Å². The van der Waals surface area contributed by atoms with Gasteiger partial charge in [-0.2, -0.15) is 0 Å². The molecule has 0 atom stereocenters. The molecule has 3 aromatic carbocycles. The topological polar surface area (TPSA) is 92.8 Å². The van der Waals surface area contributed by atoms with Crippen molar-refractivity contribution in [3.05, 3.63) is 87.9 Å². The fraction of sp³-hybridized carbons (Fsp3) is 0.231. The zero-order chi connectivity index (χ0) is 25.2. The molecule has 0 unspecified atom stereocenters. The lowest BCUT2D eigenvalue weighted by Gasteiger charge is -2.30. The van der Waals surface area contributed by atoms with Crippen LogP contribution in [-0.4, -0.2) is 33.4 Å². The minimum atomic E-state index is -3.94. The number of anilines is 2. The van der Waals surface area contributed by atoms with E-state index < -0.39 is 28.5 Å². The van der Waals surface area contributed by atoms with Crippen LogP contribution in [0, 0.1) is 13.8 Å². The van der Waals surface area contributed by atoms with Crippen molar-refractivity contribution < 1.29 is 22.7 Å². The molecule has 9 heteroatoms. The third-order valence-corrected chi connectivity index (χ3v) is 7.94. The number of benzene rings is 3. The Hall–Kier alpha value is -3.36. The van der Waals surface area contributed by atoms with Crippen molar-refractivity contribution in [1.82, 2.24) is 0 Å². The van der Waals surface area contributed by atoms with Gasteiger partial charge in [0.25, 0.3) is 15.9 Å². The Bertz CT molecular complexity index is 1400. The minimum absolute atomic E-state index is 0.0304. The maximum Gasteiger partial charge on any atom is 0.340 e. The molecule has 3 aromatic rings. The van der Waals surface area contributed by atoms with Gasteiger partial charge >= 0.3 is 5.97 Å². The number of nitrogens with one attached hydrogen (secondary N) is 1. The van der Waals surface area contributed by atoms with E-state index in [1.165, 1.54) is 22.5 Å². The van der Waals surface area contributed by atoms with Gasteiger partial charge in [0.05, 0.1) is 21.2 Å². The summed E-state index contributed by atoms with van der Waals surface area (Å²) in [6.45, 7) is 3.60. The Morgan fingerprint density at radius 2 is 1.83 bits per heavy atom. The van der Waals surface area contributed by atoms with E-state index in [1.807, 2.05) is 38.1 Å². The van der Waals surface area contributed by atoms with Crippen molar-refractivity contribution in [2.75, 3.05) is 22.8 Å². The van der Waals surface area contributed by atoms with Gasteiger partial charge in [-0.05, 0) is 68.1 Å². The van der Waals surface area contributed by atoms with Gasteiger partial charge in [0.15, 0.2) is 6.61 Å². The predicted molar refractivity (Wildman–Crippen MR) is 136 cm³/mol. The summed E-state index contributed by atoms with van der Waals surface area (Å²) in [5, 5.41) is 2.73. The number of esters is 1. The minimum Gasteiger partial charge on any atom is -0.452 e. The molecule has 0 aromatic heterocycles. The summed E-state index contributed by atoms with van der Waals surface area (Å²) in [6, 6.07) is 16.8. The molecule has 0 saturated heterocycles. The van der Waals surface area contributed by atoms with Gasteiger partial charge in [-0.25, -0.2) is 13.2 Å². The van der Waals surface area contributed by atoms with Gasteiger partial charge in [0.2, 0.25) is 0 Å². The van der Waals surface area contributed by atoms with Gasteiger partial charge in [0.1, 0.15) is 0 Å². The summed E-state index contributed by atoms with van der Waals surface area (Å²) >= 11 is 6.18. The summed E-state index contributed by atoms with van der Waals surface area (Å²) in [5.74, 6) is -1.41. The molecule has 0 fully saturated rings. The molecule has 1 N–H and O–H groups in total. The maximum atomic E-state index is 13.4. The van der Waals surface area contributed by atoms with Crippen molar-refractivity contribution in [2.45, 2.75) is 31.6 Å². The van der Waals surface area contributed by atoms with Crippen LogP contribution in [0.2, 0.25) is 5.02 Å². The molecule has 7 nitrogen and oxygen atoms in total. The van der Waals surface area contributed by atoms with Crippen LogP contribution in [0.3, 0.4) is 0 Å². The van der Waals surface area contributed by atoms with E-state index in [0.29, 0.717) is 24.3 Å². The number of carbonyl (C=O) groups is 2. The van der Waals surface area contributed by atoms with Crippen LogP contribution in [0.4, 0.5) is 11.4 Å². The second-order valence-corrected chi connectivity index (χ2v) is 10.7. The molecule has 0 aliphatic carbocycles. The first kappa shape index (κ1) is 24.8. The number of carbonyl (C=O) groups excluding carboxylic acids is 2. The van der Waals surface area contributed by atoms with E-state index in [9.17, 15) is 18.0 Å². The first-order valence-electron chi connectivity index (χ1n) is 11.1. The number of hydrogen-bond donors (Lipinski definition) is 1. The molecule has 4 rings (SSSR count). The molecule has 0 radical (unpaired) electrons. The summed E-state index contributed by atoms with van der Waals surface area (Å²) in [5.41, 5.74) is 4.00. The zero-order valence-corrected chi connectivity index (χ0v) is 20.9. The van der Waals surface area contributed by atoms with Crippen LogP contribution in [0.1, 0.15) is 33.5 Å². The summed E-state index contributed by atoms with van der Waals surface area (Å²) in [4.78, 5) is 24.9. The highest BCUT2D eigenvalue weighted by atomic mass is 35.5. The van der Waals surface area contributed by atoms with E-state index in [1.54, 1.807) is 18.2 Å². The number of sulfonamides is 1. The SMILES string of the molecule is Cc1ccc(NC(=O)COC(=O)c2cc(S(=O)(=O)N3CCCc4ccccc43)ccc2Cl)c(C)c1. The Kier molecular flexibility index (Phi) is 7.14. The lowest BCUT2D eigenvalue weighted by Crippen LogP contribution is -2.35. The molecule has 1 heterocycles. The molecular formula is C26H25ClN2O5S. The Morgan fingerprint density at radius 1 is 1.06 bits per heavy atom. The maximum absolute atomic E-state index is 13.4. The molecule has 1 aliphatic heterocycles. The van der Waals surface area contributed by atoms with Gasteiger partial charge in [-0.3, -0.25) is 9.10 Å². The van der Waals surface area contributed by atoms with E-state index in [0.717, 1.165) is 23.1 Å². The predicted octanol–water partition coefficient (Wildman–Crippen LogP) is 4.89. The van der Waals surface area contributed by atoms with Crippen LogP contribution >= 0.6 is 11.6 Å². The van der Waals surface area contributed by atoms with Crippen molar-refractivity contribution in [2.24, 2.45) is 0 Å². The van der Waals surface area contributed by atoms with Gasteiger partial charge in [0, 0.05) is 12.2 Å².